The van der Waals surface area contributed by atoms with E-state index in [0.29, 0.717) is 0 Å². The third-order valence-electron chi connectivity index (χ3n) is 8.62. The molecule has 0 N–H and O–H groups in total. The second-order valence-corrected chi connectivity index (χ2v) is 15.0. The van der Waals surface area contributed by atoms with E-state index >= 15 is 0 Å². The molecule has 0 aliphatic carbocycles. The summed E-state index contributed by atoms with van der Waals surface area (Å²) in [6, 6.07) is 42.2. The van der Waals surface area contributed by atoms with Crippen molar-refractivity contribution in [1.82, 2.24) is 0 Å². The number of fused-ring (bicyclic) bond motifs is 3. The molecule has 0 fully saturated rings. The van der Waals surface area contributed by atoms with E-state index in [-0.39, 0.29) is 0 Å². The monoisotopic (exact) mass is 522 g/mol. The number of aryl methyl sites for hydroxylation is 4. The van der Waals surface area contributed by atoms with Crippen LogP contribution < -0.4 is 20.7 Å². The van der Waals surface area contributed by atoms with E-state index in [2.05, 4.69) is 137 Å². The summed E-state index contributed by atoms with van der Waals surface area (Å²) in [5.41, 5.74) is 11.3. The van der Waals surface area contributed by atoms with Gasteiger partial charge in [0.05, 0.1) is 0 Å². The van der Waals surface area contributed by atoms with Gasteiger partial charge in [0.15, 0.2) is 8.07 Å². The summed E-state index contributed by atoms with van der Waals surface area (Å²) >= 11 is 0. The predicted octanol–water partition coefficient (Wildman–Crippen LogP) is 7.23. The molecule has 0 saturated carbocycles. The van der Waals surface area contributed by atoms with Crippen molar-refractivity contribution in [3.05, 3.63) is 131 Å². The van der Waals surface area contributed by atoms with Crippen LogP contribution in [-0.4, -0.2) is 8.07 Å². The fraction of sp³-hybridized carbons (Fsp3) is 0.211. The minimum absolute atomic E-state index is 1.11. The van der Waals surface area contributed by atoms with E-state index < -0.39 is 8.07 Å². The summed E-state index contributed by atoms with van der Waals surface area (Å²) < 4.78 is 0. The molecule has 0 radical (unpaired) electrons. The third-order valence-corrected chi connectivity index (χ3v) is 13.5. The molecule has 0 atom stereocenters. The molecule has 0 saturated heterocycles. The van der Waals surface area contributed by atoms with E-state index in [1.54, 1.807) is 0 Å². The highest BCUT2D eigenvalue weighted by Crippen LogP contribution is 2.34. The molecule has 194 valence electrons. The highest BCUT2D eigenvalue weighted by Gasteiger charge is 2.48. The van der Waals surface area contributed by atoms with Gasteiger partial charge in [-0.2, -0.15) is 0 Å². The van der Waals surface area contributed by atoms with Gasteiger partial charge in [0, 0.05) is 0 Å². The molecule has 1 aliphatic heterocycles. The van der Waals surface area contributed by atoms with Crippen LogP contribution in [0.5, 0.6) is 0 Å². The highest BCUT2D eigenvalue weighted by atomic mass is 28.3. The molecule has 39 heavy (non-hydrogen) atoms. The Morgan fingerprint density at radius 3 is 1.69 bits per heavy atom. The van der Waals surface area contributed by atoms with Crippen molar-refractivity contribution in [1.29, 1.82) is 0 Å². The second kappa shape index (κ2) is 10.5. The zero-order chi connectivity index (χ0) is 27.0. The van der Waals surface area contributed by atoms with Crippen LogP contribution in [0.15, 0.2) is 109 Å². The summed E-state index contributed by atoms with van der Waals surface area (Å²) in [5.74, 6) is 0. The normalized spacial score (nSPS) is 13.2. The molecule has 1 heterocycles. The predicted molar refractivity (Wildman–Crippen MR) is 172 cm³/mol. The van der Waals surface area contributed by atoms with Crippen molar-refractivity contribution in [2.75, 3.05) is 0 Å². The van der Waals surface area contributed by atoms with Gasteiger partial charge in [-0.15, -0.1) is 0 Å². The summed E-state index contributed by atoms with van der Waals surface area (Å²) in [6.07, 6.45) is 4.57. The van der Waals surface area contributed by atoms with Crippen LogP contribution in [0.2, 0.25) is 0 Å². The third kappa shape index (κ3) is 4.21. The van der Waals surface area contributed by atoms with Crippen molar-refractivity contribution in [2.45, 2.75) is 53.4 Å². The molecule has 5 aromatic carbocycles. The molecule has 6 rings (SSSR count). The lowest BCUT2D eigenvalue weighted by atomic mass is 9.90. The number of benzene rings is 5. The smallest absolute Gasteiger partial charge is 0.0651 e. The van der Waals surface area contributed by atoms with Crippen LogP contribution in [0.25, 0.3) is 22.3 Å². The highest BCUT2D eigenvalue weighted by molar-refractivity contribution is 7.22. The molecule has 0 bridgehead atoms. The SMILES string of the molecule is CCCc1cc(-c2ccc3c(c2)[Si](c2ccccc2)(c2ccccc2)c2cc(C)ccc2-3)c(CCC)cc1C. The second-order valence-electron chi connectivity index (χ2n) is 11.2. The Balaban J connectivity index is 1.69. The molecule has 0 spiro atoms. The van der Waals surface area contributed by atoms with Crippen LogP contribution in [0.1, 0.15) is 48.9 Å². The van der Waals surface area contributed by atoms with Crippen LogP contribution >= 0.6 is 0 Å². The van der Waals surface area contributed by atoms with E-state index in [4.69, 9.17) is 0 Å². The molecule has 1 aliphatic rings. The van der Waals surface area contributed by atoms with Crippen LogP contribution in [0, 0.1) is 13.8 Å². The summed E-state index contributed by atoms with van der Waals surface area (Å²) in [6.45, 7) is 9.11. The molecule has 0 unspecified atom stereocenters. The standard InChI is InChI=1S/C38H38Si/c1-5-13-29-25-36(30(14-6-2)24-28(29)4)31-20-22-35-34-21-19-27(3)23-37(34)39(38(35)26-31,32-15-9-7-10-16-32)33-17-11-8-12-18-33/h7-12,15-26H,5-6,13-14H2,1-4H3. The lowest BCUT2D eigenvalue weighted by Crippen LogP contribution is -2.72. The quantitative estimate of drug-likeness (QED) is 0.194. The zero-order valence-corrected chi connectivity index (χ0v) is 24.7. The fourth-order valence-electron chi connectivity index (χ4n) is 6.87. The Morgan fingerprint density at radius 1 is 0.513 bits per heavy atom. The van der Waals surface area contributed by atoms with Gasteiger partial charge in [-0.1, -0.05) is 141 Å². The van der Waals surface area contributed by atoms with Gasteiger partial charge in [-0.3, -0.25) is 0 Å². The topological polar surface area (TPSA) is 0 Å². The van der Waals surface area contributed by atoms with Crippen LogP contribution in [-0.2, 0) is 12.8 Å². The van der Waals surface area contributed by atoms with Gasteiger partial charge in [0.25, 0.3) is 0 Å². The molecule has 0 nitrogen and oxygen atoms in total. The largest absolute Gasteiger partial charge is 0.180 e. The van der Waals surface area contributed by atoms with Gasteiger partial charge in [-0.25, -0.2) is 0 Å². The maximum absolute atomic E-state index is 2.58. The fourth-order valence-corrected chi connectivity index (χ4v) is 12.2. The minimum atomic E-state index is -2.50. The van der Waals surface area contributed by atoms with Gasteiger partial charge in [0.1, 0.15) is 0 Å². The van der Waals surface area contributed by atoms with E-state index in [0.717, 1.165) is 19.3 Å². The Hall–Kier alpha value is -3.68. The molecule has 1 heteroatoms. The first kappa shape index (κ1) is 25.6. The molecular weight excluding hydrogens is 485 g/mol. The summed E-state index contributed by atoms with van der Waals surface area (Å²) in [4.78, 5) is 0. The van der Waals surface area contributed by atoms with Crippen molar-refractivity contribution in [3.63, 3.8) is 0 Å². The zero-order valence-electron chi connectivity index (χ0n) is 23.7. The number of hydrogen-bond acceptors (Lipinski definition) is 0. The van der Waals surface area contributed by atoms with Gasteiger partial charge >= 0.3 is 0 Å². The van der Waals surface area contributed by atoms with Crippen molar-refractivity contribution >= 4 is 28.8 Å². The van der Waals surface area contributed by atoms with Gasteiger partial charge in [0.2, 0.25) is 0 Å². The first-order valence-corrected chi connectivity index (χ1v) is 16.6. The lowest BCUT2D eigenvalue weighted by molar-refractivity contribution is 0.897. The Kier molecular flexibility index (Phi) is 6.87. The first-order chi connectivity index (χ1) is 19.1. The van der Waals surface area contributed by atoms with Crippen molar-refractivity contribution in [2.24, 2.45) is 0 Å². The Labute approximate surface area is 235 Å². The minimum Gasteiger partial charge on any atom is -0.0651 e. The van der Waals surface area contributed by atoms with Crippen molar-refractivity contribution in [3.8, 4) is 22.3 Å². The average molecular weight is 523 g/mol. The molecule has 0 aromatic heterocycles. The molecular formula is C38H38Si. The van der Waals surface area contributed by atoms with E-state index in [1.807, 2.05) is 0 Å². The summed E-state index contributed by atoms with van der Waals surface area (Å²) in [7, 11) is -2.50. The summed E-state index contributed by atoms with van der Waals surface area (Å²) in [5, 5.41) is 5.97. The van der Waals surface area contributed by atoms with Gasteiger partial charge in [-0.05, 0) is 86.4 Å². The van der Waals surface area contributed by atoms with Gasteiger partial charge < -0.3 is 0 Å². The number of hydrogen-bond donors (Lipinski definition) is 0. The first-order valence-electron chi connectivity index (χ1n) is 14.6. The maximum Gasteiger partial charge on any atom is 0.180 e. The Morgan fingerprint density at radius 2 is 1.08 bits per heavy atom. The lowest BCUT2D eigenvalue weighted by Gasteiger charge is -2.31. The molecule has 5 aromatic rings. The van der Waals surface area contributed by atoms with Crippen LogP contribution in [0.3, 0.4) is 0 Å². The maximum atomic E-state index is 2.58. The Bertz CT molecular complexity index is 1590. The molecule has 0 amide bonds. The average Bonchev–Trinajstić information content (AvgIpc) is 3.25. The van der Waals surface area contributed by atoms with Crippen molar-refractivity contribution < 1.29 is 0 Å². The van der Waals surface area contributed by atoms with E-state index in [1.165, 1.54) is 71.7 Å². The van der Waals surface area contributed by atoms with Crippen LogP contribution in [0.4, 0.5) is 0 Å². The number of rotatable bonds is 7. The van der Waals surface area contributed by atoms with E-state index in [9.17, 15) is 0 Å².